The molecule has 1 heterocycles. The van der Waals surface area contributed by atoms with E-state index in [4.69, 9.17) is 10.6 Å². The van der Waals surface area contributed by atoms with Crippen LogP contribution in [-0.2, 0) is 14.3 Å². The maximum Gasteiger partial charge on any atom is 0.410 e. The lowest BCUT2D eigenvalue weighted by atomic mass is 9.88. The SMILES string of the molecule is CC(C)CC(C(=O)NN)C(=O)[C@@H]1CCCN1C(=O)OC(C)(C)C. The molecule has 0 aliphatic carbocycles. The summed E-state index contributed by atoms with van der Waals surface area (Å²) in [6, 6.07) is -0.620. The van der Waals surface area contributed by atoms with Crippen molar-refractivity contribution in [1.29, 1.82) is 0 Å². The summed E-state index contributed by atoms with van der Waals surface area (Å²) in [6.45, 7) is 9.67. The number of ether oxygens (including phenoxy) is 1. The first kappa shape index (κ1) is 19.4. The van der Waals surface area contributed by atoms with Crippen LogP contribution >= 0.6 is 0 Å². The lowest BCUT2D eigenvalue weighted by Crippen LogP contribution is -2.49. The number of Topliss-reactive ketones (excluding diaryl/α,β-unsaturated/α-hetero) is 1. The molecule has 1 rings (SSSR count). The van der Waals surface area contributed by atoms with Gasteiger partial charge in [0.1, 0.15) is 11.5 Å². The Kier molecular flexibility index (Phi) is 6.56. The van der Waals surface area contributed by atoms with Gasteiger partial charge in [0.15, 0.2) is 5.78 Å². The first-order chi connectivity index (χ1) is 10.6. The number of ketones is 1. The molecule has 7 nitrogen and oxygen atoms in total. The number of nitrogens with one attached hydrogen (secondary N) is 1. The Balaban J connectivity index is 2.90. The minimum Gasteiger partial charge on any atom is -0.444 e. The van der Waals surface area contributed by atoms with Crippen molar-refractivity contribution in [3.63, 3.8) is 0 Å². The fourth-order valence-corrected chi connectivity index (χ4v) is 2.76. The summed E-state index contributed by atoms with van der Waals surface area (Å²) in [4.78, 5) is 38.5. The van der Waals surface area contributed by atoms with Gasteiger partial charge in [-0.15, -0.1) is 0 Å². The zero-order chi connectivity index (χ0) is 17.8. The van der Waals surface area contributed by atoms with E-state index < -0.39 is 29.6 Å². The predicted molar refractivity (Wildman–Crippen MR) is 86.2 cm³/mol. The molecule has 0 aromatic carbocycles. The van der Waals surface area contributed by atoms with Crippen LogP contribution in [0.1, 0.15) is 53.9 Å². The fourth-order valence-electron chi connectivity index (χ4n) is 2.76. The summed E-state index contributed by atoms with van der Waals surface area (Å²) in [5.74, 6) is 3.77. The average molecular weight is 327 g/mol. The van der Waals surface area contributed by atoms with Crippen LogP contribution in [0.3, 0.4) is 0 Å². The van der Waals surface area contributed by atoms with Crippen LogP contribution in [0, 0.1) is 11.8 Å². The third kappa shape index (κ3) is 5.49. The standard InChI is InChI=1S/C16H29N3O4/c1-10(2)9-11(14(21)18-17)13(20)12-7-6-8-19(12)15(22)23-16(3,4)5/h10-12H,6-9,17H2,1-5H3,(H,18,21)/t11?,12-/m0/s1. The van der Waals surface area contributed by atoms with Gasteiger partial charge in [0.25, 0.3) is 0 Å². The molecule has 23 heavy (non-hydrogen) atoms. The van der Waals surface area contributed by atoms with Crippen LogP contribution in [0.15, 0.2) is 0 Å². The van der Waals surface area contributed by atoms with Crippen LogP contribution in [0.25, 0.3) is 0 Å². The first-order valence-electron chi connectivity index (χ1n) is 8.10. The lowest BCUT2D eigenvalue weighted by Gasteiger charge is -2.29. The number of amides is 2. The van der Waals surface area contributed by atoms with Crippen LogP contribution in [0.4, 0.5) is 4.79 Å². The third-order valence-electron chi connectivity index (χ3n) is 3.72. The van der Waals surface area contributed by atoms with Gasteiger partial charge in [-0.05, 0) is 46.0 Å². The third-order valence-corrected chi connectivity index (χ3v) is 3.72. The van der Waals surface area contributed by atoms with Crippen molar-refractivity contribution in [1.82, 2.24) is 10.3 Å². The maximum absolute atomic E-state index is 12.8. The zero-order valence-electron chi connectivity index (χ0n) is 14.7. The highest BCUT2D eigenvalue weighted by Gasteiger charge is 2.41. The van der Waals surface area contributed by atoms with Gasteiger partial charge < -0.3 is 4.74 Å². The highest BCUT2D eigenvalue weighted by molar-refractivity contribution is 6.04. The molecule has 0 aromatic rings. The first-order valence-corrected chi connectivity index (χ1v) is 8.10. The van der Waals surface area contributed by atoms with E-state index in [-0.39, 0.29) is 11.7 Å². The van der Waals surface area contributed by atoms with E-state index in [0.29, 0.717) is 25.8 Å². The summed E-state index contributed by atoms with van der Waals surface area (Å²) in [7, 11) is 0. The number of hydrogen-bond acceptors (Lipinski definition) is 5. The lowest BCUT2D eigenvalue weighted by molar-refractivity contribution is -0.137. The van der Waals surface area contributed by atoms with Gasteiger partial charge in [-0.2, -0.15) is 0 Å². The van der Waals surface area contributed by atoms with Crippen LogP contribution < -0.4 is 11.3 Å². The molecule has 0 radical (unpaired) electrons. The molecule has 1 aliphatic heterocycles. The number of likely N-dealkylation sites (tertiary alicyclic amines) is 1. The Morgan fingerprint density at radius 3 is 2.39 bits per heavy atom. The molecule has 0 bridgehead atoms. The van der Waals surface area contributed by atoms with Crippen LogP contribution in [0.5, 0.6) is 0 Å². The summed E-state index contributed by atoms with van der Waals surface area (Å²) in [6.07, 6.45) is 1.16. The van der Waals surface area contributed by atoms with Crippen molar-refractivity contribution in [2.45, 2.75) is 65.5 Å². The van der Waals surface area contributed by atoms with E-state index in [1.807, 2.05) is 13.8 Å². The van der Waals surface area contributed by atoms with Crippen molar-refractivity contribution in [3.05, 3.63) is 0 Å². The van der Waals surface area contributed by atoms with Crippen molar-refractivity contribution in [2.24, 2.45) is 17.7 Å². The van der Waals surface area contributed by atoms with Crippen molar-refractivity contribution in [2.75, 3.05) is 6.54 Å². The van der Waals surface area contributed by atoms with Gasteiger partial charge in [-0.25, -0.2) is 10.6 Å². The molecule has 7 heteroatoms. The number of carbonyl (C=O) groups is 3. The average Bonchev–Trinajstić information content (AvgIpc) is 2.90. The molecular formula is C16H29N3O4. The molecule has 0 spiro atoms. The highest BCUT2D eigenvalue weighted by Crippen LogP contribution is 2.26. The molecule has 2 amide bonds. The van der Waals surface area contributed by atoms with Gasteiger partial charge in [-0.1, -0.05) is 13.8 Å². The monoisotopic (exact) mass is 327 g/mol. The highest BCUT2D eigenvalue weighted by atomic mass is 16.6. The van der Waals surface area contributed by atoms with E-state index in [1.165, 1.54) is 4.90 Å². The largest absolute Gasteiger partial charge is 0.444 e. The molecule has 1 fully saturated rings. The Morgan fingerprint density at radius 1 is 1.30 bits per heavy atom. The number of nitrogens with two attached hydrogens (primary N) is 1. The summed E-state index contributed by atoms with van der Waals surface area (Å²) < 4.78 is 5.36. The van der Waals surface area contributed by atoms with E-state index >= 15 is 0 Å². The Bertz CT molecular complexity index is 457. The molecule has 1 aliphatic rings. The van der Waals surface area contributed by atoms with Gasteiger partial charge in [0, 0.05) is 6.54 Å². The number of hydrazine groups is 1. The fraction of sp³-hybridized carbons (Fsp3) is 0.812. The van der Waals surface area contributed by atoms with Gasteiger partial charge in [0.2, 0.25) is 5.91 Å². The summed E-state index contributed by atoms with van der Waals surface area (Å²) >= 11 is 0. The molecule has 0 aromatic heterocycles. The topological polar surface area (TPSA) is 102 Å². The number of hydrogen-bond donors (Lipinski definition) is 2. The molecule has 1 unspecified atom stereocenters. The van der Waals surface area contributed by atoms with E-state index in [1.54, 1.807) is 20.8 Å². The molecule has 132 valence electrons. The second-order valence-electron chi connectivity index (χ2n) is 7.42. The van der Waals surface area contributed by atoms with Crippen LogP contribution in [0.2, 0.25) is 0 Å². The van der Waals surface area contributed by atoms with Gasteiger partial charge in [-0.3, -0.25) is 19.9 Å². The molecular weight excluding hydrogens is 298 g/mol. The zero-order valence-corrected chi connectivity index (χ0v) is 14.7. The number of carbonyl (C=O) groups excluding carboxylic acids is 3. The van der Waals surface area contributed by atoms with Gasteiger partial charge in [0.05, 0.1) is 6.04 Å². The van der Waals surface area contributed by atoms with Crippen molar-refractivity contribution in [3.8, 4) is 0 Å². The van der Waals surface area contributed by atoms with E-state index in [0.717, 1.165) is 0 Å². The second-order valence-corrected chi connectivity index (χ2v) is 7.42. The van der Waals surface area contributed by atoms with Gasteiger partial charge >= 0.3 is 6.09 Å². The molecule has 3 N–H and O–H groups in total. The second kappa shape index (κ2) is 7.77. The van der Waals surface area contributed by atoms with E-state index in [9.17, 15) is 14.4 Å². The quantitative estimate of drug-likeness (QED) is 0.346. The Hall–Kier alpha value is -1.63. The Labute approximate surface area is 137 Å². The summed E-state index contributed by atoms with van der Waals surface area (Å²) in [5.41, 5.74) is 1.44. The van der Waals surface area contributed by atoms with Crippen LogP contribution in [-0.4, -0.2) is 40.9 Å². The predicted octanol–water partition coefficient (Wildman–Crippen LogP) is 1.61. The molecule has 1 saturated heterocycles. The maximum atomic E-state index is 12.8. The smallest absolute Gasteiger partial charge is 0.410 e. The van der Waals surface area contributed by atoms with Crippen molar-refractivity contribution >= 4 is 17.8 Å². The normalized spacial score (nSPS) is 19.6. The minimum absolute atomic E-state index is 0.164. The summed E-state index contributed by atoms with van der Waals surface area (Å²) in [5, 5.41) is 0. The molecule has 0 saturated carbocycles. The number of rotatable bonds is 5. The number of nitrogens with zero attached hydrogens (tertiary/aromatic N) is 1. The molecule has 2 atom stereocenters. The van der Waals surface area contributed by atoms with Crippen molar-refractivity contribution < 1.29 is 19.1 Å². The van der Waals surface area contributed by atoms with E-state index in [2.05, 4.69) is 5.43 Å². The minimum atomic E-state index is -0.840. The Morgan fingerprint density at radius 2 is 1.91 bits per heavy atom.